The minimum Gasteiger partial charge on any atom is -0.396 e. The highest BCUT2D eigenvalue weighted by atomic mass is 16.3. The summed E-state index contributed by atoms with van der Waals surface area (Å²) in [5.41, 5.74) is 5.00. The molecule has 0 saturated carbocycles. The van der Waals surface area contributed by atoms with Gasteiger partial charge in [-0.1, -0.05) is 6.92 Å². The minimum absolute atomic E-state index is 0.122. The van der Waals surface area contributed by atoms with Crippen LogP contribution >= 0.6 is 0 Å². The second kappa shape index (κ2) is 3.31. The number of aliphatic hydroxyl groups is 1. The molecule has 0 aliphatic carbocycles. The highest BCUT2D eigenvalue weighted by molar-refractivity contribution is 5.72. The highest BCUT2D eigenvalue weighted by Gasteiger charge is 2.31. The number of primary amides is 1. The molecule has 1 aliphatic heterocycles. The molecule has 3 N–H and O–H groups in total. The van der Waals surface area contributed by atoms with E-state index in [1.165, 1.54) is 0 Å². The van der Waals surface area contributed by atoms with Gasteiger partial charge in [-0.2, -0.15) is 0 Å². The number of aliphatic hydroxyl groups excluding tert-OH is 1. The third kappa shape index (κ3) is 1.88. The van der Waals surface area contributed by atoms with E-state index in [4.69, 9.17) is 10.8 Å². The molecule has 4 heteroatoms. The lowest BCUT2D eigenvalue weighted by Gasteiger charge is -2.38. The van der Waals surface area contributed by atoms with Gasteiger partial charge in [0.05, 0.1) is 6.61 Å². The fourth-order valence-corrected chi connectivity index (χ4v) is 1.63. The number of carbonyl (C=O) groups is 1. The molecule has 1 unspecified atom stereocenters. The van der Waals surface area contributed by atoms with E-state index in [1.54, 1.807) is 4.90 Å². The molecule has 12 heavy (non-hydrogen) atoms. The van der Waals surface area contributed by atoms with Crippen molar-refractivity contribution in [3.8, 4) is 0 Å². The van der Waals surface area contributed by atoms with Crippen LogP contribution in [0.25, 0.3) is 0 Å². The van der Waals surface area contributed by atoms with E-state index in [-0.39, 0.29) is 18.1 Å². The normalized spacial score (nSPS) is 30.3. The van der Waals surface area contributed by atoms with Gasteiger partial charge < -0.3 is 15.7 Å². The number of hydrogen-bond donors (Lipinski definition) is 2. The zero-order chi connectivity index (χ0) is 9.19. The lowest BCUT2D eigenvalue weighted by molar-refractivity contribution is 0.0638. The third-order valence-electron chi connectivity index (χ3n) is 2.47. The number of amides is 2. The molecule has 1 atom stereocenters. The Morgan fingerprint density at radius 1 is 1.75 bits per heavy atom. The average molecular weight is 172 g/mol. The number of piperidine rings is 1. The van der Waals surface area contributed by atoms with Gasteiger partial charge >= 0.3 is 6.03 Å². The van der Waals surface area contributed by atoms with Crippen molar-refractivity contribution in [1.82, 2.24) is 4.90 Å². The Morgan fingerprint density at radius 2 is 2.42 bits per heavy atom. The van der Waals surface area contributed by atoms with E-state index in [1.807, 2.05) is 6.92 Å². The number of likely N-dealkylation sites (tertiary alicyclic amines) is 1. The van der Waals surface area contributed by atoms with Crippen LogP contribution in [0.3, 0.4) is 0 Å². The number of nitrogens with zero attached hydrogens (tertiary/aromatic N) is 1. The van der Waals surface area contributed by atoms with Gasteiger partial charge in [0.15, 0.2) is 0 Å². The topological polar surface area (TPSA) is 66.6 Å². The highest BCUT2D eigenvalue weighted by Crippen LogP contribution is 2.28. The smallest absolute Gasteiger partial charge is 0.314 e. The van der Waals surface area contributed by atoms with Crippen LogP contribution in [0.5, 0.6) is 0 Å². The van der Waals surface area contributed by atoms with Crippen molar-refractivity contribution in [2.45, 2.75) is 19.8 Å². The summed E-state index contributed by atoms with van der Waals surface area (Å²) in [5, 5.41) is 9.07. The van der Waals surface area contributed by atoms with Crippen LogP contribution in [0, 0.1) is 5.41 Å². The molecule has 0 aromatic carbocycles. The number of hydrogen-bond acceptors (Lipinski definition) is 2. The van der Waals surface area contributed by atoms with E-state index >= 15 is 0 Å². The molecule has 0 radical (unpaired) electrons. The Bertz CT molecular complexity index is 184. The molecule has 4 nitrogen and oxygen atoms in total. The van der Waals surface area contributed by atoms with E-state index in [0.717, 1.165) is 19.4 Å². The lowest BCUT2D eigenvalue weighted by atomic mass is 9.83. The number of rotatable bonds is 1. The first-order valence-electron chi connectivity index (χ1n) is 4.23. The molecular formula is C8H16N2O2. The lowest BCUT2D eigenvalue weighted by Crippen LogP contribution is -2.48. The van der Waals surface area contributed by atoms with Gasteiger partial charge in [-0.15, -0.1) is 0 Å². The van der Waals surface area contributed by atoms with Crippen LogP contribution in [0.4, 0.5) is 4.79 Å². The second-order valence-corrected chi connectivity index (χ2v) is 3.83. The number of nitrogens with two attached hydrogens (primary N) is 1. The van der Waals surface area contributed by atoms with Crippen LogP contribution < -0.4 is 5.73 Å². The van der Waals surface area contributed by atoms with Gasteiger partial charge in [-0.3, -0.25) is 0 Å². The maximum atomic E-state index is 10.8. The molecule has 2 amide bonds. The summed E-state index contributed by atoms with van der Waals surface area (Å²) in [7, 11) is 0. The molecule has 1 fully saturated rings. The van der Waals surface area contributed by atoms with Crippen LogP contribution in [0.2, 0.25) is 0 Å². The Kier molecular flexibility index (Phi) is 2.57. The molecule has 0 bridgehead atoms. The molecule has 0 spiro atoms. The minimum atomic E-state index is -0.380. The third-order valence-corrected chi connectivity index (χ3v) is 2.47. The fraction of sp³-hybridized carbons (Fsp3) is 0.875. The zero-order valence-electron chi connectivity index (χ0n) is 7.42. The predicted octanol–water partition coefficient (Wildman–Crippen LogP) is 0.160. The number of urea groups is 1. The van der Waals surface area contributed by atoms with Gasteiger partial charge in [0, 0.05) is 18.5 Å². The molecule has 1 heterocycles. The average Bonchev–Trinajstić information content (AvgIpc) is 2.05. The van der Waals surface area contributed by atoms with E-state index in [9.17, 15) is 4.79 Å². The van der Waals surface area contributed by atoms with Gasteiger partial charge in [0.2, 0.25) is 0 Å². The predicted molar refractivity (Wildman–Crippen MR) is 45.6 cm³/mol. The van der Waals surface area contributed by atoms with Gasteiger partial charge in [-0.25, -0.2) is 4.79 Å². The summed E-state index contributed by atoms with van der Waals surface area (Å²) < 4.78 is 0. The molecule has 1 saturated heterocycles. The zero-order valence-corrected chi connectivity index (χ0v) is 7.42. The molecular weight excluding hydrogens is 156 g/mol. The summed E-state index contributed by atoms with van der Waals surface area (Å²) in [6, 6.07) is -0.380. The standard InChI is InChI=1S/C8H16N2O2/c1-8(6-11)3-2-4-10(5-8)7(9)12/h11H,2-6H2,1H3,(H2,9,12). The van der Waals surface area contributed by atoms with Gasteiger partial charge in [-0.05, 0) is 12.8 Å². The number of carbonyl (C=O) groups excluding carboxylic acids is 1. The summed E-state index contributed by atoms with van der Waals surface area (Å²) in [6.45, 7) is 3.41. The van der Waals surface area contributed by atoms with Crippen molar-refractivity contribution in [2.75, 3.05) is 19.7 Å². The Morgan fingerprint density at radius 3 is 2.92 bits per heavy atom. The van der Waals surface area contributed by atoms with Crippen molar-refractivity contribution in [1.29, 1.82) is 0 Å². The molecule has 70 valence electrons. The molecule has 1 rings (SSSR count). The molecule has 0 aromatic heterocycles. The van der Waals surface area contributed by atoms with Crippen LogP contribution in [-0.4, -0.2) is 35.7 Å². The van der Waals surface area contributed by atoms with Crippen molar-refractivity contribution in [3.05, 3.63) is 0 Å². The Balaban J connectivity index is 2.57. The Labute approximate surface area is 72.3 Å². The SMILES string of the molecule is CC1(CO)CCCN(C(N)=O)C1. The van der Waals surface area contributed by atoms with Crippen molar-refractivity contribution in [2.24, 2.45) is 11.1 Å². The Hall–Kier alpha value is -0.770. The van der Waals surface area contributed by atoms with E-state index in [0.29, 0.717) is 6.54 Å². The quantitative estimate of drug-likeness (QED) is 0.591. The first-order chi connectivity index (χ1) is 5.57. The first-order valence-corrected chi connectivity index (χ1v) is 4.23. The van der Waals surface area contributed by atoms with Gasteiger partial charge in [0.25, 0.3) is 0 Å². The van der Waals surface area contributed by atoms with Gasteiger partial charge in [0.1, 0.15) is 0 Å². The fourth-order valence-electron chi connectivity index (χ4n) is 1.63. The maximum absolute atomic E-state index is 10.8. The molecule has 1 aliphatic rings. The van der Waals surface area contributed by atoms with Crippen molar-refractivity contribution >= 4 is 6.03 Å². The summed E-state index contributed by atoms with van der Waals surface area (Å²) in [4.78, 5) is 12.4. The second-order valence-electron chi connectivity index (χ2n) is 3.83. The van der Waals surface area contributed by atoms with E-state index in [2.05, 4.69) is 0 Å². The van der Waals surface area contributed by atoms with Crippen LogP contribution in [0.1, 0.15) is 19.8 Å². The van der Waals surface area contributed by atoms with Crippen molar-refractivity contribution < 1.29 is 9.90 Å². The largest absolute Gasteiger partial charge is 0.396 e. The first kappa shape index (κ1) is 9.32. The maximum Gasteiger partial charge on any atom is 0.314 e. The summed E-state index contributed by atoms with van der Waals surface area (Å²) in [5.74, 6) is 0. The van der Waals surface area contributed by atoms with Crippen LogP contribution in [-0.2, 0) is 0 Å². The van der Waals surface area contributed by atoms with E-state index < -0.39 is 0 Å². The van der Waals surface area contributed by atoms with Crippen molar-refractivity contribution in [3.63, 3.8) is 0 Å². The molecule has 0 aromatic rings. The summed E-state index contributed by atoms with van der Waals surface area (Å²) in [6.07, 6.45) is 1.90. The monoisotopic (exact) mass is 172 g/mol. The van der Waals surface area contributed by atoms with Crippen LogP contribution in [0.15, 0.2) is 0 Å². The summed E-state index contributed by atoms with van der Waals surface area (Å²) >= 11 is 0.